The highest BCUT2D eigenvalue weighted by Crippen LogP contribution is 2.23. The van der Waals surface area contributed by atoms with Gasteiger partial charge in [-0.05, 0) is 17.7 Å². The van der Waals surface area contributed by atoms with Crippen molar-refractivity contribution >= 4 is 23.1 Å². The molecule has 0 atom stereocenters. The van der Waals surface area contributed by atoms with Crippen LogP contribution in [-0.4, -0.2) is 19.5 Å². The first-order chi connectivity index (χ1) is 9.74. The van der Waals surface area contributed by atoms with Gasteiger partial charge in [-0.25, -0.2) is 0 Å². The summed E-state index contributed by atoms with van der Waals surface area (Å²) < 4.78 is 1.89. The van der Waals surface area contributed by atoms with E-state index >= 15 is 0 Å². The average molecular weight is 286 g/mol. The standard InChI is InChI=1S/C13H10N4O2S/c18-17(19)11-5-3-4-10(8-11)9-20-13-15-14-12-6-1-2-7-16(12)13/h1-8H,9H2. The Morgan fingerprint density at radius 1 is 1.20 bits per heavy atom. The molecule has 2 aromatic heterocycles. The highest BCUT2D eigenvalue weighted by Gasteiger charge is 2.08. The van der Waals surface area contributed by atoms with Gasteiger partial charge in [-0.1, -0.05) is 30.0 Å². The first kappa shape index (κ1) is 12.6. The molecule has 6 nitrogen and oxygen atoms in total. The Labute approximate surface area is 118 Å². The fourth-order valence-corrected chi connectivity index (χ4v) is 2.69. The van der Waals surface area contributed by atoms with Gasteiger partial charge in [0, 0.05) is 24.1 Å². The lowest BCUT2D eigenvalue weighted by Gasteiger charge is -2.00. The number of nitrogens with zero attached hydrogens (tertiary/aromatic N) is 4. The van der Waals surface area contributed by atoms with Gasteiger partial charge >= 0.3 is 0 Å². The van der Waals surface area contributed by atoms with Crippen LogP contribution in [0.5, 0.6) is 0 Å². The molecule has 0 unspecified atom stereocenters. The zero-order chi connectivity index (χ0) is 13.9. The van der Waals surface area contributed by atoms with Gasteiger partial charge in [-0.3, -0.25) is 14.5 Å². The lowest BCUT2D eigenvalue weighted by molar-refractivity contribution is -0.384. The van der Waals surface area contributed by atoms with Crippen LogP contribution in [0.4, 0.5) is 5.69 Å². The van der Waals surface area contributed by atoms with E-state index in [9.17, 15) is 10.1 Å². The van der Waals surface area contributed by atoms with E-state index < -0.39 is 0 Å². The number of benzene rings is 1. The number of pyridine rings is 1. The second-order valence-corrected chi connectivity index (χ2v) is 5.07. The molecule has 0 amide bonds. The molecule has 0 aliphatic rings. The fourth-order valence-electron chi connectivity index (χ4n) is 1.83. The third-order valence-electron chi connectivity index (χ3n) is 2.77. The van der Waals surface area contributed by atoms with Crippen LogP contribution >= 0.6 is 11.8 Å². The maximum absolute atomic E-state index is 10.7. The molecule has 0 spiro atoms. The molecule has 0 radical (unpaired) electrons. The smallest absolute Gasteiger partial charge is 0.269 e. The Balaban J connectivity index is 1.79. The van der Waals surface area contributed by atoms with Crippen molar-refractivity contribution in [3.8, 4) is 0 Å². The van der Waals surface area contributed by atoms with Crippen LogP contribution in [0.25, 0.3) is 5.65 Å². The topological polar surface area (TPSA) is 73.3 Å². The Morgan fingerprint density at radius 3 is 2.95 bits per heavy atom. The summed E-state index contributed by atoms with van der Waals surface area (Å²) in [4.78, 5) is 10.3. The second kappa shape index (κ2) is 5.30. The molecular weight excluding hydrogens is 276 g/mol. The lowest BCUT2D eigenvalue weighted by atomic mass is 10.2. The van der Waals surface area contributed by atoms with Crippen LogP contribution in [0.1, 0.15) is 5.56 Å². The molecule has 0 saturated carbocycles. The van der Waals surface area contributed by atoms with Crippen molar-refractivity contribution in [2.75, 3.05) is 0 Å². The van der Waals surface area contributed by atoms with Crippen LogP contribution in [0.15, 0.2) is 53.8 Å². The van der Waals surface area contributed by atoms with E-state index in [-0.39, 0.29) is 10.6 Å². The van der Waals surface area contributed by atoms with E-state index in [0.717, 1.165) is 16.4 Å². The summed E-state index contributed by atoms with van der Waals surface area (Å²) in [7, 11) is 0. The van der Waals surface area contributed by atoms with Crippen LogP contribution in [0, 0.1) is 10.1 Å². The van der Waals surface area contributed by atoms with Gasteiger partial charge in [0.05, 0.1) is 4.92 Å². The molecule has 100 valence electrons. The second-order valence-electron chi connectivity index (χ2n) is 4.13. The number of hydrogen-bond acceptors (Lipinski definition) is 5. The molecule has 0 bridgehead atoms. The first-order valence-electron chi connectivity index (χ1n) is 5.90. The molecule has 3 rings (SSSR count). The number of fused-ring (bicyclic) bond motifs is 1. The predicted molar refractivity (Wildman–Crippen MR) is 75.6 cm³/mol. The maximum atomic E-state index is 10.7. The van der Waals surface area contributed by atoms with Crippen LogP contribution < -0.4 is 0 Å². The molecule has 0 saturated heterocycles. The van der Waals surface area contributed by atoms with E-state index in [0.29, 0.717) is 5.75 Å². The Kier molecular flexibility index (Phi) is 3.34. The van der Waals surface area contributed by atoms with Crippen molar-refractivity contribution in [1.82, 2.24) is 14.6 Å². The summed E-state index contributed by atoms with van der Waals surface area (Å²) in [6.45, 7) is 0. The van der Waals surface area contributed by atoms with Crippen LogP contribution in [0.2, 0.25) is 0 Å². The van der Waals surface area contributed by atoms with Crippen molar-refractivity contribution < 1.29 is 4.92 Å². The number of rotatable bonds is 4. The molecule has 3 aromatic rings. The van der Waals surface area contributed by atoms with E-state index in [1.165, 1.54) is 17.8 Å². The Bertz CT molecular complexity index is 772. The van der Waals surface area contributed by atoms with Gasteiger partial charge in [0.1, 0.15) is 0 Å². The molecule has 7 heteroatoms. The summed E-state index contributed by atoms with van der Waals surface area (Å²) in [6.07, 6.45) is 1.89. The van der Waals surface area contributed by atoms with Gasteiger partial charge in [-0.15, -0.1) is 10.2 Å². The predicted octanol–water partition coefficient (Wildman–Crippen LogP) is 2.93. The SMILES string of the molecule is O=[N+]([O-])c1cccc(CSc2nnc3ccccn23)c1. The molecule has 0 aliphatic carbocycles. The summed E-state index contributed by atoms with van der Waals surface area (Å²) in [5.74, 6) is 0.608. The Morgan fingerprint density at radius 2 is 2.10 bits per heavy atom. The number of non-ortho nitro benzene ring substituents is 1. The molecule has 1 aromatic carbocycles. The van der Waals surface area contributed by atoms with E-state index in [1.54, 1.807) is 12.1 Å². The van der Waals surface area contributed by atoms with Crippen LogP contribution in [-0.2, 0) is 5.75 Å². The van der Waals surface area contributed by atoms with E-state index in [2.05, 4.69) is 10.2 Å². The normalized spacial score (nSPS) is 10.8. The fraction of sp³-hybridized carbons (Fsp3) is 0.0769. The average Bonchev–Trinajstić information content (AvgIpc) is 2.89. The van der Waals surface area contributed by atoms with Gasteiger partial charge < -0.3 is 0 Å². The molecule has 0 fully saturated rings. The van der Waals surface area contributed by atoms with Gasteiger partial charge in [-0.2, -0.15) is 0 Å². The summed E-state index contributed by atoms with van der Waals surface area (Å²) in [5.41, 5.74) is 1.78. The summed E-state index contributed by atoms with van der Waals surface area (Å²) >= 11 is 1.50. The van der Waals surface area contributed by atoms with Gasteiger partial charge in [0.2, 0.25) is 0 Å². The van der Waals surface area contributed by atoms with E-state index in [1.807, 2.05) is 34.9 Å². The molecular formula is C13H10N4O2S. The molecule has 20 heavy (non-hydrogen) atoms. The molecule has 0 aliphatic heterocycles. The third kappa shape index (κ3) is 2.48. The van der Waals surface area contributed by atoms with Crippen molar-refractivity contribution in [2.45, 2.75) is 10.9 Å². The van der Waals surface area contributed by atoms with Crippen molar-refractivity contribution in [3.05, 3.63) is 64.3 Å². The molecule has 2 heterocycles. The molecule has 0 N–H and O–H groups in total. The summed E-state index contributed by atoms with van der Waals surface area (Å²) in [6, 6.07) is 12.3. The minimum absolute atomic E-state index is 0.106. The highest BCUT2D eigenvalue weighted by molar-refractivity contribution is 7.98. The highest BCUT2D eigenvalue weighted by atomic mass is 32.2. The maximum Gasteiger partial charge on any atom is 0.269 e. The van der Waals surface area contributed by atoms with Gasteiger partial charge in [0.25, 0.3) is 5.69 Å². The third-order valence-corrected chi connectivity index (χ3v) is 3.79. The number of thioether (sulfide) groups is 1. The zero-order valence-electron chi connectivity index (χ0n) is 10.3. The number of aromatic nitrogens is 3. The van der Waals surface area contributed by atoms with E-state index in [4.69, 9.17) is 0 Å². The minimum Gasteiger partial charge on any atom is -0.277 e. The minimum atomic E-state index is -0.388. The first-order valence-corrected chi connectivity index (χ1v) is 6.88. The number of hydrogen-bond donors (Lipinski definition) is 0. The van der Waals surface area contributed by atoms with Crippen molar-refractivity contribution in [3.63, 3.8) is 0 Å². The number of nitro groups is 1. The largest absolute Gasteiger partial charge is 0.277 e. The summed E-state index contributed by atoms with van der Waals surface area (Å²) in [5, 5.41) is 19.7. The lowest BCUT2D eigenvalue weighted by Crippen LogP contribution is -1.90. The number of nitro benzene ring substituents is 1. The Hall–Kier alpha value is -2.41. The quantitative estimate of drug-likeness (QED) is 0.419. The van der Waals surface area contributed by atoms with Gasteiger partial charge in [0.15, 0.2) is 10.8 Å². The zero-order valence-corrected chi connectivity index (χ0v) is 11.2. The monoisotopic (exact) mass is 286 g/mol. The van der Waals surface area contributed by atoms with Crippen LogP contribution in [0.3, 0.4) is 0 Å². The van der Waals surface area contributed by atoms with Crippen molar-refractivity contribution in [2.24, 2.45) is 0 Å². The van der Waals surface area contributed by atoms with Crippen molar-refractivity contribution in [1.29, 1.82) is 0 Å².